The largest absolute Gasteiger partial charge is 0.377 e. The molecule has 1 fully saturated rings. The zero-order valence-corrected chi connectivity index (χ0v) is 6.00. The molecule has 3 heteroatoms. The van der Waals surface area contributed by atoms with Crippen molar-refractivity contribution in [2.24, 2.45) is 5.84 Å². The lowest BCUT2D eigenvalue weighted by Crippen LogP contribution is -2.41. The highest BCUT2D eigenvalue weighted by Crippen LogP contribution is 2.15. The van der Waals surface area contributed by atoms with Crippen molar-refractivity contribution < 1.29 is 4.74 Å². The Morgan fingerprint density at radius 1 is 1.67 bits per heavy atom. The summed E-state index contributed by atoms with van der Waals surface area (Å²) >= 11 is 0. The second-order valence-electron chi connectivity index (χ2n) is 2.60. The number of hydrogen-bond acceptors (Lipinski definition) is 3. The van der Waals surface area contributed by atoms with Gasteiger partial charge in [0.15, 0.2) is 0 Å². The highest BCUT2D eigenvalue weighted by Gasteiger charge is 2.25. The molecule has 3 nitrogen and oxygen atoms in total. The van der Waals surface area contributed by atoms with Gasteiger partial charge in [-0.2, -0.15) is 0 Å². The van der Waals surface area contributed by atoms with Crippen LogP contribution < -0.4 is 5.84 Å². The molecule has 54 valence electrons. The lowest BCUT2D eigenvalue weighted by atomic mass is 10.1. The molecular formula is C6H14N2O. The van der Waals surface area contributed by atoms with Crippen LogP contribution in [-0.2, 0) is 4.74 Å². The Kier molecular flexibility index (Phi) is 2.05. The summed E-state index contributed by atoms with van der Waals surface area (Å²) in [6.07, 6.45) is 1.37. The number of hydrogen-bond donors (Lipinski definition) is 1. The average Bonchev–Trinajstić information content (AvgIpc) is 2.13. The molecule has 2 N–H and O–H groups in total. The Hall–Kier alpha value is -0.120. The van der Waals surface area contributed by atoms with E-state index in [2.05, 4.69) is 6.92 Å². The molecule has 0 aromatic carbocycles. The van der Waals surface area contributed by atoms with Crippen molar-refractivity contribution in [3.8, 4) is 0 Å². The molecule has 0 aromatic rings. The molecule has 1 aliphatic rings. The van der Waals surface area contributed by atoms with Gasteiger partial charge in [-0.25, -0.2) is 5.01 Å². The first-order valence-electron chi connectivity index (χ1n) is 3.31. The molecule has 1 aliphatic heterocycles. The second-order valence-corrected chi connectivity index (χ2v) is 2.60. The van der Waals surface area contributed by atoms with Crippen LogP contribution >= 0.6 is 0 Å². The van der Waals surface area contributed by atoms with Crippen LogP contribution in [0.25, 0.3) is 0 Å². The third-order valence-corrected chi connectivity index (χ3v) is 1.86. The predicted molar refractivity (Wildman–Crippen MR) is 35.8 cm³/mol. The molecule has 0 bridgehead atoms. The third kappa shape index (κ3) is 1.41. The number of rotatable bonds is 1. The van der Waals surface area contributed by atoms with Crippen molar-refractivity contribution in [2.45, 2.75) is 25.5 Å². The number of nitrogens with two attached hydrogens (primary N) is 1. The first kappa shape index (κ1) is 6.99. The molecular weight excluding hydrogens is 116 g/mol. The minimum atomic E-state index is 0.306. The topological polar surface area (TPSA) is 38.5 Å². The maximum Gasteiger partial charge on any atom is 0.0716 e. The molecule has 1 rings (SSSR count). The van der Waals surface area contributed by atoms with E-state index in [-0.39, 0.29) is 0 Å². The lowest BCUT2D eigenvalue weighted by Gasteiger charge is -2.20. The van der Waals surface area contributed by atoms with Crippen molar-refractivity contribution in [3.63, 3.8) is 0 Å². The first-order valence-corrected chi connectivity index (χ1v) is 3.31. The molecule has 1 saturated heterocycles. The van der Waals surface area contributed by atoms with Gasteiger partial charge in [0.05, 0.1) is 12.1 Å². The number of ether oxygens (including phenoxy) is 1. The smallest absolute Gasteiger partial charge is 0.0716 e. The van der Waals surface area contributed by atoms with Crippen LogP contribution in [0.3, 0.4) is 0 Å². The van der Waals surface area contributed by atoms with Gasteiger partial charge >= 0.3 is 0 Å². The molecule has 2 atom stereocenters. The summed E-state index contributed by atoms with van der Waals surface area (Å²) in [5.41, 5.74) is 0. The number of hydrazine groups is 1. The Bertz CT molecular complexity index is 95.1. The second kappa shape index (κ2) is 2.64. The lowest BCUT2D eigenvalue weighted by molar-refractivity contribution is 0.0839. The Morgan fingerprint density at radius 3 is 2.56 bits per heavy atom. The van der Waals surface area contributed by atoms with Gasteiger partial charge in [-0.1, -0.05) is 0 Å². The van der Waals surface area contributed by atoms with Gasteiger partial charge in [-0.3, -0.25) is 5.84 Å². The molecule has 0 aliphatic carbocycles. The maximum absolute atomic E-state index is 5.54. The van der Waals surface area contributed by atoms with Crippen LogP contribution in [0.5, 0.6) is 0 Å². The van der Waals surface area contributed by atoms with Crippen molar-refractivity contribution in [2.75, 3.05) is 13.7 Å². The van der Waals surface area contributed by atoms with Gasteiger partial charge in [0.1, 0.15) is 0 Å². The monoisotopic (exact) mass is 130 g/mol. The van der Waals surface area contributed by atoms with Gasteiger partial charge in [-0.15, -0.1) is 0 Å². The SMILES string of the molecule is CC1OCCC1N(C)N. The highest BCUT2D eigenvalue weighted by atomic mass is 16.5. The molecule has 0 spiro atoms. The van der Waals surface area contributed by atoms with E-state index in [0.717, 1.165) is 13.0 Å². The molecule has 9 heavy (non-hydrogen) atoms. The van der Waals surface area contributed by atoms with E-state index >= 15 is 0 Å². The van der Waals surface area contributed by atoms with Crippen LogP contribution in [0.15, 0.2) is 0 Å². The van der Waals surface area contributed by atoms with Gasteiger partial charge in [0.25, 0.3) is 0 Å². The van der Waals surface area contributed by atoms with E-state index in [9.17, 15) is 0 Å². The summed E-state index contributed by atoms with van der Waals surface area (Å²) < 4.78 is 5.31. The number of likely N-dealkylation sites (N-methyl/N-ethyl adjacent to an activating group) is 1. The van der Waals surface area contributed by atoms with Crippen LogP contribution in [0.1, 0.15) is 13.3 Å². The average molecular weight is 130 g/mol. The molecule has 0 radical (unpaired) electrons. The van der Waals surface area contributed by atoms with Gasteiger partial charge in [-0.05, 0) is 13.3 Å². The normalized spacial score (nSPS) is 36.0. The van der Waals surface area contributed by atoms with Crippen LogP contribution in [0.2, 0.25) is 0 Å². The highest BCUT2D eigenvalue weighted by molar-refractivity contribution is 4.77. The molecule has 0 amide bonds. The van der Waals surface area contributed by atoms with Gasteiger partial charge < -0.3 is 4.74 Å². The van der Waals surface area contributed by atoms with Crippen LogP contribution in [-0.4, -0.2) is 30.8 Å². The summed E-state index contributed by atoms with van der Waals surface area (Å²) in [6, 6.07) is 0.421. The molecule has 1 heterocycles. The quantitative estimate of drug-likeness (QED) is 0.400. The predicted octanol–water partition coefficient (Wildman–Crippen LogP) is -0.0307. The summed E-state index contributed by atoms with van der Waals surface area (Å²) in [5.74, 6) is 5.54. The minimum Gasteiger partial charge on any atom is -0.377 e. The Balaban J connectivity index is 2.40. The van der Waals surface area contributed by atoms with E-state index in [4.69, 9.17) is 10.6 Å². The van der Waals surface area contributed by atoms with Crippen molar-refractivity contribution in [1.29, 1.82) is 0 Å². The van der Waals surface area contributed by atoms with Gasteiger partial charge in [0, 0.05) is 13.7 Å². The van der Waals surface area contributed by atoms with E-state index in [1.807, 2.05) is 7.05 Å². The van der Waals surface area contributed by atoms with Crippen LogP contribution in [0, 0.1) is 0 Å². The maximum atomic E-state index is 5.54. The minimum absolute atomic E-state index is 0.306. The Morgan fingerprint density at radius 2 is 2.33 bits per heavy atom. The fourth-order valence-corrected chi connectivity index (χ4v) is 1.26. The van der Waals surface area contributed by atoms with Gasteiger partial charge in [0.2, 0.25) is 0 Å². The zero-order chi connectivity index (χ0) is 6.85. The zero-order valence-electron chi connectivity index (χ0n) is 6.00. The van der Waals surface area contributed by atoms with E-state index in [1.54, 1.807) is 5.01 Å². The van der Waals surface area contributed by atoms with Crippen molar-refractivity contribution >= 4 is 0 Å². The molecule has 2 unspecified atom stereocenters. The van der Waals surface area contributed by atoms with Crippen molar-refractivity contribution in [3.05, 3.63) is 0 Å². The number of nitrogens with zero attached hydrogens (tertiary/aromatic N) is 1. The fourth-order valence-electron chi connectivity index (χ4n) is 1.26. The van der Waals surface area contributed by atoms with E-state index < -0.39 is 0 Å². The van der Waals surface area contributed by atoms with Crippen LogP contribution in [0.4, 0.5) is 0 Å². The molecule has 0 saturated carbocycles. The fraction of sp³-hybridized carbons (Fsp3) is 1.00. The third-order valence-electron chi connectivity index (χ3n) is 1.86. The Labute approximate surface area is 55.7 Å². The summed E-state index contributed by atoms with van der Waals surface area (Å²) in [4.78, 5) is 0. The van der Waals surface area contributed by atoms with E-state index in [1.165, 1.54) is 0 Å². The van der Waals surface area contributed by atoms with E-state index in [0.29, 0.717) is 12.1 Å². The van der Waals surface area contributed by atoms with Crippen molar-refractivity contribution in [1.82, 2.24) is 5.01 Å². The first-order chi connectivity index (χ1) is 4.22. The standard InChI is InChI=1S/C6H14N2O/c1-5-6(8(2)7)3-4-9-5/h5-6H,3-4,7H2,1-2H3. The molecule has 0 aromatic heterocycles. The summed E-state index contributed by atoms with van der Waals surface area (Å²) in [5, 5.41) is 1.73. The summed E-state index contributed by atoms with van der Waals surface area (Å²) in [6.45, 7) is 2.91. The summed E-state index contributed by atoms with van der Waals surface area (Å²) in [7, 11) is 1.88.